The number of carbonyl (C=O) groups is 1. The fraction of sp³-hybridized carbons (Fsp3) is 0.611. The Morgan fingerprint density at radius 2 is 2.16 bits per heavy atom. The first-order valence-corrected chi connectivity index (χ1v) is 9.20. The van der Waals surface area contributed by atoms with Crippen molar-refractivity contribution in [2.75, 3.05) is 0 Å². The van der Waals surface area contributed by atoms with Gasteiger partial charge in [0.1, 0.15) is 11.5 Å². The number of nitrogens with zero attached hydrogens (tertiary/aromatic N) is 1. The second-order valence-electron chi connectivity index (χ2n) is 6.73. The van der Waals surface area contributed by atoms with Crippen LogP contribution in [-0.2, 0) is 11.2 Å². The first-order chi connectivity index (χ1) is 11.9. The molecule has 25 heavy (non-hydrogen) atoms. The Bertz CT molecular complexity index is 654. The van der Waals surface area contributed by atoms with E-state index in [1.165, 1.54) is 19.3 Å². The maximum absolute atomic E-state index is 10.7. The van der Waals surface area contributed by atoms with E-state index in [0.29, 0.717) is 29.3 Å². The van der Waals surface area contributed by atoms with Crippen LogP contribution in [0.1, 0.15) is 63.0 Å². The summed E-state index contributed by atoms with van der Waals surface area (Å²) in [4.78, 5) is 10.7. The third kappa shape index (κ3) is 5.85. The first kappa shape index (κ1) is 19.4. The number of carboxylic acid groups (broad SMARTS) is 1. The van der Waals surface area contributed by atoms with Crippen LogP contribution < -0.4 is 10.7 Å². The Hall–Kier alpha value is -1.89. The molecule has 0 aliphatic heterocycles. The summed E-state index contributed by atoms with van der Waals surface area (Å²) in [6, 6.07) is 2.25. The number of hydrazone groups is 1. The average molecular weight is 365 g/mol. The van der Waals surface area contributed by atoms with Crippen molar-refractivity contribution in [3.63, 3.8) is 0 Å². The molecule has 1 fully saturated rings. The van der Waals surface area contributed by atoms with Crippen LogP contribution in [0, 0.1) is 12.8 Å². The maximum atomic E-state index is 10.7. The lowest BCUT2D eigenvalue weighted by atomic mass is 9.86. The number of hydrogen-bond acceptors (Lipinski definition) is 4. The SMILES string of the molecule is C/C(=N/NC(=S)N[C@@H]1CCCC[C@H]1C)c1cc(CCC(=O)O)oc1C. The summed E-state index contributed by atoms with van der Waals surface area (Å²) in [6.45, 7) is 5.97. The van der Waals surface area contributed by atoms with Crippen molar-refractivity contribution in [3.05, 3.63) is 23.2 Å². The molecule has 0 spiro atoms. The normalized spacial score (nSPS) is 21.0. The molecular weight excluding hydrogens is 338 g/mol. The van der Waals surface area contributed by atoms with E-state index in [-0.39, 0.29) is 6.42 Å². The van der Waals surface area contributed by atoms with E-state index in [2.05, 4.69) is 22.8 Å². The van der Waals surface area contributed by atoms with E-state index in [9.17, 15) is 4.79 Å². The van der Waals surface area contributed by atoms with Crippen LogP contribution in [0.4, 0.5) is 0 Å². The van der Waals surface area contributed by atoms with Crippen LogP contribution in [0.15, 0.2) is 15.6 Å². The summed E-state index contributed by atoms with van der Waals surface area (Å²) in [5.41, 5.74) is 4.52. The highest BCUT2D eigenvalue weighted by Crippen LogP contribution is 2.23. The van der Waals surface area contributed by atoms with Crippen LogP contribution in [0.2, 0.25) is 0 Å². The zero-order chi connectivity index (χ0) is 18.4. The summed E-state index contributed by atoms with van der Waals surface area (Å²) >= 11 is 5.35. The molecule has 1 heterocycles. The summed E-state index contributed by atoms with van der Waals surface area (Å²) in [7, 11) is 0. The van der Waals surface area contributed by atoms with Crippen LogP contribution in [-0.4, -0.2) is 27.9 Å². The van der Waals surface area contributed by atoms with Gasteiger partial charge in [-0.3, -0.25) is 10.2 Å². The van der Waals surface area contributed by atoms with Gasteiger partial charge in [0, 0.05) is 18.0 Å². The third-order valence-electron chi connectivity index (χ3n) is 4.70. The van der Waals surface area contributed by atoms with Gasteiger partial charge in [0.05, 0.1) is 12.1 Å². The van der Waals surface area contributed by atoms with Gasteiger partial charge in [0.15, 0.2) is 5.11 Å². The molecule has 3 N–H and O–H groups in total. The lowest BCUT2D eigenvalue weighted by Gasteiger charge is -2.30. The molecule has 0 radical (unpaired) electrons. The van der Waals surface area contributed by atoms with Gasteiger partial charge in [-0.05, 0) is 50.9 Å². The largest absolute Gasteiger partial charge is 0.481 e. The average Bonchev–Trinajstić information content (AvgIpc) is 2.94. The molecule has 1 aliphatic rings. The molecule has 2 atom stereocenters. The summed E-state index contributed by atoms with van der Waals surface area (Å²) < 4.78 is 5.61. The lowest BCUT2D eigenvalue weighted by Crippen LogP contribution is -2.44. The van der Waals surface area contributed by atoms with Gasteiger partial charge >= 0.3 is 5.97 Å². The van der Waals surface area contributed by atoms with E-state index >= 15 is 0 Å². The monoisotopic (exact) mass is 365 g/mol. The molecule has 1 aromatic rings. The number of carboxylic acids is 1. The molecule has 1 aliphatic carbocycles. The van der Waals surface area contributed by atoms with Gasteiger partial charge in [-0.15, -0.1) is 0 Å². The third-order valence-corrected chi connectivity index (χ3v) is 4.91. The van der Waals surface area contributed by atoms with Crippen LogP contribution in [0.3, 0.4) is 0 Å². The van der Waals surface area contributed by atoms with Gasteiger partial charge in [-0.25, -0.2) is 0 Å². The van der Waals surface area contributed by atoms with Crippen molar-refractivity contribution >= 4 is 29.0 Å². The van der Waals surface area contributed by atoms with Gasteiger partial charge < -0.3 is 14.8 Å². The Kier molecular flexibility index (Phi) is 6.99. The molecule has 6 nitrogen and oxygen atoms in total. The molecule has 0 amide bonds. The van der Waals surface area contributed by atoms with Crippen molar-refractivity contribution < 1.29 is 14.3 Å². The lowest BCUT2D eigenvalue weighted by molar-refractivity contribution is -0.137. The molecule has 1 aromatic heterocycles. The van der Waals surface area contributed by atoms with E-state index < -0.39 is 5.97 Å². The molecule has 0 unspecified atom stereocenters. The minimum atomic E-state index is -0.837. The second kappa shape index (κ2) is 8.99. The van der Waals surface area contributed by atoms with Crippen molar-refractivity contribution in [2.45, 2.75) is 65.3 Å². The van der Waals surface area contributed by atoms with Crippen LogP contribution in [0.25, 0.3) is 0 Å². The number of aliphatic carboxylic acids is 1. The number of hydrogen-bond donors (Lipinski definition) is 3. The number of rotatable bonds is 6. The number of aryl methyl sites for hydroxylation is 2. The van der Waals surface area contributed by atoms with Gasteiger partial charge in [0.25, 0.3) is 0 Å². The number of nitrogens with one attached hydrogen (secondary N) is 2. The Balaban J connectivity index is 1.91. The molecule has 7 heteroatoms. The first-order valence-electron chi connectivity index (χ1n) is 8.79. The Morgan fingerprint density at radius 1 is 1.44 bits per heavy atom. The van der Waals surface area contributed by atoms with Crippen molar-refractivity contribution in [2.24, 2.45) is 11.0 Å². The van der Waals surface area contributed by atoms with Crippen molar-refractivity contribution in [1.82, 2.24) is 10.7 Å². The van der Waals surface area contributed by atoms with E-state index in [0.717, 1.165) is 23.5 Å². The van der Waals surface area contributed by atoms with Crippen LogP contribution >= 0.6 is 12.2 Å². The quantitative estimate of drug-likeness (QED) is 0.407. The zero-order valence-corrected chi connectivity index (χ0v) is 15.9. The molecule has 0 aromatic carbocycles. The standard InChI is InChI=1S/C18H27N3O3S/c1-11-6-4-5-7-16(11)19-18(25)21-20-12(2)15-10-14(24-13(15)3)8-9-17(22)23/h10-11,16H,4-9H2,1-3H3,(H,22,23)(H2,19,21,25)/b20-12-/t11-,16-/m1/s1. The number of furan rings is 1. The van der Waals surface area contributed by atoms with Gasteiger partial charge in [-0.1, -0.05) is 19.8 Å². The van der Waals surface area contributed by atoms with Gasteiger partial charge in [-0.2, -0.15) is 5.10 Å². The molecule has 138 valence electrons. The summed E-state index contributed by atoms with van der Waals surface area (Å²) in [5.74, 6) is 1.16. The minimum absolute atomic E-state index is 0.0500. The molecule has 0 saturated heterocycles. The summed E-state index contributed by atoms with van der Waals surface area (Å²) in [6.07, 6.45) is 5.32. The zero-order valence-electron chi connectivity index (χ0n) is 15.1. The Morgan fingerprint density at radius 3 is 2.84 bits per heavy atom. The van der Waals surface area contributed by atoms with Crippen molar-refractivity contribution in [1.29, 1.82) is 0 Å². The smallest absolute Gasteiger partial charge is 0.303 e. The van der Waals surface area contributed by atoms with E-state index in [1.54, 1.807) is 0 Å². The van der Waals surface area contributed by atoms with Crippen LogP contribution in [0.5, 0.6) is 0 Å². The molecule has 1 saturated carbocycles. The predicted octanol–water partition coefficient (Wildman–Crippen LogP) is 3.37. The highest BCUT2D eigenvalue weighted by Gasteiger charge is 2.21. The van der Waals surface area contributed by atoms with E-state index in [4.69, 9.17) is 21.7 Å². The highest BCUT2D eigenvalue weighted by atomic mass is 32.1. The fourth-order valence-electron chi connectivity index (χ4n) is 3.18. The topological polar surface area (TPSA) is 86.9 Å². The highest BCUT2D eigenvalue weighted by molar-refractivity contribution is 7.80. The molecule has 0 bridgehead atoms. The van der Waals surface area contributed by atoms with Gasteiger partial charge in [0.2, 0.25) is 0 Å². The summed E-state index contributed by atoms with van der Waals surface area (Å²) in [5, 5.41) is 17.0. The van der Waals surface area contributed by atoms with E-state index in [1.807, 2.05) is 19.9 Å². The number of thiocarbonyl (C=S) groups is 1. The minimum Gasteiger partial charge on any atom is -0.481 e. The molecular formula is C18H27N3O3S. The second-order valence-corrected chi connectivity index (χ2v) is 7.14. The van der Waals surface area contributed by atoms with Crippen molar-refractivity contribution in [3.8, 4) is 0 Å². The maximum Gasteiger partial charge on any atom is 0.303 e. The fourth-order valence-corrected chi connectivity index (χ4v) is 3.38. The Labute approximate surface area is 154 Å². The predicted molar refractivity (Wildman–Crippen MR) is 102 cm³/mol. The molecule has 2 rings (SSSR count).